The molecule has 1 amide bonds. The minimum absolute atomic E-state index is 0.0695. The highest BCUT2D eigenvalue weighted by Gasteiger charge is 2.13. The Morgan fingerprint density at radius 2 is 2.12 bits per heavy atom. The van der Waals surface area contributed by atoms with Gasteiger partial charge in [-0.15, -0.1) is 0 Å². The Balaban J connectivity index is 2.46. The van der Waals surface area contributed by atoms with Crippen molar-refractivity contribution in [3.63, 3.8) is 0 Å². The number of hydrogen-bond acceptors (Lipinski definition) is 4. The summed E-state index contributed by atoms with van der Waals surface area (Å²) < 4.78 is 29.7. The van der Waals surface area contributed by atoms with Crippen LogP contribution in [0.3, 0.4) is 0 Å². The summed E-state index contributed by atoms with van der Waals surface area (Å²) in [5, 5.41) is 3.26. The minimum Gasteiger partial charge on any atom is -0.496 e. The molecule has 0 unspecified atom stereocenters. The first kappa shape index (κ1) is 20.5. The van der Waals surface area contributed by atoms with Gasteiger partial charge in [-0.2, -0.15) is 0 Å². The van der Waals surface area contributed by atoms with Crippen molar-refractivity contribution in [1.82, 2.24) is 9.62 Å². The van der Waals surface area contributed by atoms with Crippen LogP contribution in [0.4, 0.5) is 0 Å². The predicted octanol–water partition coefficient (Wildman–Crippen LogP) is 2.15. The maximum absolute atomic E-state index is 11.8. The van der Waals surface area contributed by atoms with Gasteiger partial charge in [-0.1, -0.05) is 11.6 Å². The van der Waals surface area contributed by atoms with Crippen LogP contribution in [-0.2, 0) is 14.8 Å². The van der Waals surface area contributed by atoms with E-state index in [0.717, 1.165) is 0 Å². The van der Waals surface area contributed by atoms with Gasteiger partial charge in [0, 0.05) is 36.8 Å². The molecule has 0 fully saturated rings. The number of sulfonamides is 1. The third-order valence-electron chi connectivity index (χ3n) is 3.39. The second-order valence-corrected chi connectivity index (χ2v) is 7.89. The number of nitrogens with one attached hydrogen (secondary N) is 1. The number of ether oxygens (including phenoxy) is 1. The van der Waals surface area contributed by atoms with Crippen LogP contribution in [0, 0.1) is 0 Å². The molecule has 134 valence electrons. The third-order valence-corrected chi connectivity index (χ3v) is 5.49. The van der Waals surface area contributed by atoms with E-state index in [4.69, 9.17) is 16.3 Å². The zero-order valence-electron chi connectivity index (χ0n) is 14.1. The highest BCUT2D eigenvalue weighted by molar-refractivity contribution is 7.89. The third kappa shape index (κ3) is 6.51. The number of methoxy groups -OCH3 is 1. The van der Waals surface area contributed by atoms with Crippen molar-refractivity contribution in [2.24, 2.45) is 0 Å². The summed E-state index contributed by atoms with van der Waals surface area (Å²) in [7, 11) is -0.0998. The van der Waals surface area contributed by atoms with Crippen LogP contribution < -0.4 is 10.1 Å². The average molecular weight is 375 g/mol. The van der Waals surface area contributed by atoms with Gasteiger partial charge in [0.1, 0.15) is 5.75 Å². The van der Waals surface area contributed by atoms with E-state index >= 15 is 0 Å². The first-order valence-electron chi connectivity index (χ1n) is 7.53. The molecule has 1 aromatic carbocycles. The molecule has 0 aliphatic carbocycles. The van der Waals surface area contributed by atoms with Crippen molar-refractivity contribution in [3.8, 4) is 5.75 Å². The quantitative estimate of drug-likeness (QED) is 0.530. The molecule has 8 heteroatoms. The van der Waals surface area contributed by atoms with Gasteiger partial charge in [-0.05, 0) is 37.6 Å². The molecule has 1 aromatic rings. The second kappa shape index (κ2) is 9.66. The molecule has 24 heavy (non-hydrogen) atoms. The summed E-state index contributed by atoms with van der Waals surface area (Å²) in [6, 6.07) is 5.14. The molecular formula is C16H23ClN2O4S. The van der Waals surface area contributed by atoms with Crippen LogP contribution in [0.25, 0.3) is 6.08 Å². The van der Waals surface area contributed by atoms with Gasteiger partial charge < -0.3 is 10.1 Å². The number of halogens is 1. The predicted molar refractivity (Wildman–Crippen MR) is 96.8 cm³/mol. The first-order valence-corrected chi connectivity index (χ1v) is 9.52. The molecule has 1 N–H and O–H groups in total. The maximum atomic E-state index is 11.8. The number of carbonyl (C=O) groups is 1. The van der Waals surface area contributed by atoms with Gasteiger partial charge in [-0.3, -0.25) is 4.79 Å². The summed E-state index contributed by atoms with van der Waals surface area (Å²) in [6.45, 7) is 2.35. The van der Waals surface area contributed by atoms with Crippen molar-refractivity contribution < 1.29 is 17.9 Å². The smallest absolute Gasteiger partial charge is 0.244 e. The van der Waals surface area contributed by atoms with Crippen LogP contribution in [-0.4, -0.2) is 51.6 Å². The van der Waals surface area contributed by atoms with Crippen molar-refractivity contribution in [1.29, 1.82) is 0 Å². The highest BCUT2D eigenvalue weighted by Crippen LogP contribution is 2.23. The minimum atomic E-state index is -3.18. The SMILES string of the molecule is CCS(=O)(=O)N(C)CCCNC(=O)/C=C/c1cc(Cl)ccc1OC. The number of nitrogens with zero attached hydrogens (tertiary/aromatic N) is 1. The van der Waals surface area contributed by atoms with E-state index in [2.05, 4.69) is 5.32 Å². The maximum Gasteiger partial charge on any atom is 0.244 e. The van der Waals surface area contributed by atoms with Crippen molar-refractivity contribution in [2.75, 3.05) is 33.0 Å². The molecule has 1 rings (SSSR count). The Morgan fingerprint density at radius 3 is 2.75 bits per heavy atom. The highest BCUT2D eigenvalue weighted by atomic mass is 35.5. The molecule has 6 nitrogen and oxygen atoms in total. The van der Waals surface area contributed by atoms with E-state index in [1.165, 1.54) is 17.4 Å². The van der Waals surface area contributed by atoms with Gasteiger partial charge in [0.05, 0.1) is 12.9 Å². The molecule has 0 spiro atoms. The number of amides is 1. The number of benzene rings is 1. The number of hydrogen-bond donors (Lipinski definition) is 1. The number of carbonyl (C=O) groups excluding carboxylic acids is 1. The fourth-order valence-corrected chi connectivity index (χ4v) is 2.96. The molecule has 0 bridgehead atoms. The van der Waals surface area contributed by atoms with Crippen LogP contribution in [0.1, 0.15) is 18.9 Å². The van der Waals surface area contributed by atoms with E-state index in [1.54, 1.807) is 38.3 Å². The summed E-state index contributed by atoms with van der Waals surface area (Å²) in [6.07, 6.45) is 3.55. The fourth-order valence-electron chi connectivity index (χ4n) is 1.93. The lowest BCUT2D eigenvalue weighted by molar-refractivity contribution is -0.116. The summed E-state index contributed by atoms with van der Waals surface area (Å²) >= 11 is 5.93. The lowest BCUT2D eigenvalue weighted by atomic mass is 10.2. The summed E-state index contributed by atoms with van der Waals surface area (Å²) in [5.41, 5.74) is 0.703. The van der Waals surface area contributed by atoms with Gasteiger partial charge >= 0.3 is 0 Å². The molecule has 0 radical (unpaired) electrons. The Kier molecular flexibility index (Phi) is 8.24. The van der Waals surface area contributed by atoms with Crippen molar-refractivity contribution >= 4 is 33.6 Å². The van der Waals surface area contributed by atoms with Gasteiger partial charge in [-0.25, -0.2) is 12.7 Å². The normalized spacial score (nSPS) is 11.9. The molecule has 0 aromatic heterocycles. The summed E-state index contributed by atoms with van der Waals surface area (Å²) in [5.74, 6) is 0.424. The summed E-state index contributed by atoms with van der Waals surface area (Å²) in [4.78, 5) is 11.8. The average Bonchev–Trinajstić information content (AvgIpc) is 2.56. The van der Waals surface area contributed by atoms with Crippen molar-refractivity contribution in [2.45, 2.75) is 13.3 Å². The molecule has 0 aliphatic rings. The zero-order chi connectivity index (χ0) is 18.2. The van der Waals surface area contributed by atoms with E-state index in [1.807, 2.05) is 0 Å². The molecule has 0 heterocycles. The molecular weight excluding hydrogens is 352 g/mol. The molecule has 0 saturated carbocycles. The first-order chi connectivity index (χ1) is 11.3. The van der Waals surface area contributed by atoms with E-state index in [0.29, 0.717) is 35.8 Å². The van der Waals surface area contributed by atoms with Crippen LogP contribution >= 0.6 is 11.6 Å². The lowest BCUT2D eigenvalue weighted by Gasteiger charge is -2.15. The van der Waals surface area contributed by atoms with Crippen LogP contribution in [0.5, 0.6) is 5.75 Å². The van der Waals surface area contributed by atoms with Gasteiger partial charge in [0.15, 0.2) is 0 Å². The van der Waals surface area contributed by atoms with E-state index in [9.17, 15) is 13.2 Å². The second-order valence-electron chi connectivity index (χ2n) is 5.09. The largest absolute Gasteiger partial charge is 0.496 e. The van der Waals surface area contributed by atoms with E-state index < -0.39 is 10.0 Å². The van der Waals surface area contributed by atoms with E-state index in [-0.39, 0.29) is 11.7 Å². The topological polar surface area (TPSA) is 75.7 Å². The fraction of sp³-hybridized carbons (Fsp3) is 0.438. The van der Waals surface area contributed by atoms with Crippen molar-refractivity contribution in [3.05, 3.63) is 34.9 Å². The monoisotopic (exact) mass is 374 g/mol. The zero-order valence-corrected chi connectivity index (χ0v) is 15.7. The Bertz CT molecular complexity index is 689. The Hall–Kier alpha value is -1.57. The molecule has 0 saturated heterocycles. The van der Waals surface area contributed by atoms with Gasteiger partial charge in [0.2, 0.25) is 15.9 Å². The standard InChI is InChI=1S/C16H23ClN2O4S/c1-4-24(21,22)19(2)11-5-10-18-16(20)9-6-13-12-14(17)7-8-15(13)23-3/h6-9,12H,4-5,10-11H2,1-3H3,(H,18,20)/b9-6+. The molecule has 0 aliphatic heterocycles. The van der Waals surface area contributed by atoms with Gasteiger partial charge in [0.25, 0.3) is 0 Å². The molecule has 0 atom stereocenters. The number of rotatable bonds is 9. The Labute approximate surface area is 148 Å². The Morgan fingerprint density at radius 1 is 1.42 bits per heavy atom. The lowest BCUT2D eigenvalue weighted by Crippen LogP contribution is -2.32. The van der Waals surface area contributed by atoms with Crippen LogP contribution in [0.15, 0.2) is 24.3 Å². The van der Waals surface area contributed by atoms with Crippen LogP contribution in [0.2, 0.25) is 5.02 Å².